The zero-order chi connectivity index (χ0) is 22.5. The summed E-state index contributed by atoms with van der Waals surface area (Å²) in [5.74, 6) is 0.580. The summed E-state index contributed by atoms with van der Waals surface area (Å²) < 4.78 is 0. The highest BCUT2D eigenvalue weighted by molar-refractivity contribution is 6.43. The van der Waals surface area contributed by atoms with Gasteiger partial charge in [0, 0.05) is 6.20 Å². The fourth-order valence-electron chi connectivity index (χ4n) is 3.10. The smallest absolute Gasteiger partial charge is 0.333 e. The van der Waals surface area contributed by atoms with E-state index >= 15 is 0 Å². The highest BCUT2D eigenvalue weighted by Crippen LogP contribution is 2.39. The van der Waals surface area contributed by atoms with Crippen molar-refractivity contribution < 1.29 is 4.92 Å². The van der Waals surface area contributed by atoms with Gasteiger partial charge in [-0.2, -0.15) is 0 Å². The van der Waals surface area contributed by atoms with Crippen LogP contribution >= 0.6 is 23.2 Å². The molecular formula is C22H16Cl2N6O2. The highest BCUT2D eigenvalue weighted by Gasteiger charge is 2.29. The molecule has 160 valence electrons. The minimum Gasteiger partial charge on any atom is -0.333 e. The Bertz CT molecular complexity index is 1240. The highest BCUT2D eigenvalue weighted by atomic mass is 35.5. The standard InChI is InChI=1S/C22H16Cl2N6O2/c23-16-9-6-10-17(19(16)24)28-21-20(30(31)32)22(27-14-26-21)29(18-11-4-5-12-25-18)13-15-7-2-1-3-8-15/h1-12,14H,13H2,(H,26,27,28). The van der Waals surface area contributed by atoms with E-state index in [2.05, 4.69) is 20.3 Å². The number of nitro groups is 1. The molecule has 2 aromatic carbocycles. The summed E-state index contributed by atoms with van der Waals surface area (Å²) in [5.41, 5.74) is 1.00. The van der Waals surface area contributed by atoms with Gasteiger partial charge in [0.2, 0.25) is 11.6 Å². The van der Waals surface area contributed by atoms with Crippen molar-refractivity contribution in [3.63, 3.8) is 0 Å². The van der Waals surface area contributed by atoms with Gasteiger partial charge in [-0.15, -0.1) is 0 Å². The average Bonchev–Trinajstić information content (AvgIpc) is 2.81. The van der Waals surface area contributed by atoms with Crippen LogP contribution in [0.5, 0.6) is 0 Å². The van der Waals surface area contributed by atoms with E-state index in [1.54, 1.807) is 47.5 Å². The molecule has 0 fully saturated rings. The number of halogens is 2. The molecule has 32 heavy (non-hydrogen) atoms. The molecule has 4 aromatic rings. The summed E-state index contributed by atoms with van der Waals surface area (Å²) in [6.45, 7) is 0.313. The number of aromatic nitrogens is 3. The van der Waals surface area contributed by atoms with Crippen LogP contribution in [0.2, 0.25) is 10.0 Å². The van der Waals surface area contributed by atoms with E-state index in [-0.39, 0.29) is 22.3 Å². The largest absolute Gasteiger partial charge is 0.354 e. The van der Waals surface area contributed by atoms with Gasteiger partial charge < -0.3 is 10.2 Å². The lowest BCUT2D eigenvalue weighted by Gasteiger charge is -2.23. The molecule has 10 heteroatoms. The normalized spacial score (nSPS) is 10.6. The maximum Gasteiger partial charge on any atom is 0.354 e. The van der Waals surface area contributed by atoms with E-state index < -0.39 is 4.92 Å². The maximum absolute atomic E-state index is 12.2. The molecule has 0 saturated carbocycles. The number of rotatable bonds is 7. The molecule has 0 unspecified atom stereocenters. The Labute approximate surface area is 193 Å². The van der Waals surface area contributed by atoms with E-state index in [4.69, 9.17) is 23.2 Å². The van der Waals surface area contributed by atoms with Gasteiger partial charge >= 0.3 is 5.69 Å². The predicted octanol–water partition coefficient (Wildman–Crippen LogP) is 6.17. The first-order valence-corrected chi connectivity index (χ1v) is 10.2. The van der Waals surface area contributed by atoms with Crippen LogP contribution in [0, 0.1) is 10.1 Å². The number of pyridine rings is 1. The Kier molecular flexibility index (Phi) is 6.44. The second-order valence-electron chi connectivity index (χ2n) is 6.64. The summed E-state index contributed by atoms with van der Waals surface area (Å²) in [7, 11) is 0. The molecule has 2 aromatic heterocycles. The fraction of sp³-hybridized carbons (Fsp3) is 0.0455. The molecule has 0 atom stereocenters. The summed E-state index contributed by atoms with van der Waals surface area (Å²) >= 11 is 12.3. The van der Waals surface area contributed by atoms with Crippen molar-refractivity contribution in [2.24, 2.45) is 0 Å². The Morgan fingerprint density at radius 2 is 1.72 bits per heavy atom. The topological polar surface area (TPSA) is 97.1 Å². The summed E-state index contributed by atoms with van der Waals surface area (Å²) in [4.78, 5) is 26.0. The number of benzene rings is 2. The number of hydrogen-bond acceptors (Lipinski definition) is 7. The fourth-order valence-corrected chi connectivity index (χ4v) is 3.45. The molecule has 4 rings (SSSR count). The molecule has 1 N–H and O–H groups in total. The van der Waals surface area contributed by atoms with Crippen LogP contribution in [0.25, 0.3) is 0 Å². The van der Waals surface area contributed by atoms with Gasteiger partial charge in [0.1, 0.15) is 12.1 Å². The van der Waals surface area contributed by atoms with Gasteiger partial charge in [-0.05, 0) is 29.8 Å². The zero-order valence-electron chi connectivity index (χ0n) is 16.5. The third kappa shape index (κ3) is 4.61. The van der Waals surface area contributed by atoms with Crippen LogP contribution in [-0.4, -0.2) is 19.9 Å². The van der Waals surface area contributed by atoms with Gasteiger partial charge in [-0.1, -0.05) is 65.7 Å². The summed E-state index contributed by atoms with van der Waals surface area (Å²) in [6.07, 6.45) is 2.87. The SMILES string of the molecule is O=[N+]([O-])c1c(Nc2cccc(Cl)c2Cl)ncnc1N(Cc1ccccc1)c1ccccn1. The Hall–Kier alpha value is -3.75. The van der Waals surface area contributed by atoms with Crippen molar-refractivity contribution in [3.8, 4) is 0 Å². The van der Waals surface area contributed by atoms with Crippen molar-refractivity contribution in [1.29, 1.82) is 0 Å². The third-order valence-corrected chi connectivity index (χ3v) is 5.37. The van der Waals surface area contributed by atoms with Crippen LogP contribution in [0.4, 0.5) is 28.8 Å². The van der Waals surface area contributed by atoms with Crippen molar-refractivity contribution in [2.75, 3.05) is 10.2 Å². The van der Waals surface area contributed by atoms with E-state index in [0.717, 1.165) is 5.56 Å². The molecule has 8 nitrogen and oxygen atoms in total. The zero-order valence-corrected chi connectivity index (χ0v) is 18.0. The maximum atomic E-state index is 12.2. The van der Waals surface area contributed by atoms with Crippen molar-refractivity contribution in [2.45, 2.75) is 6.54 Å². The molecule has 0 spiro atoms. The van der Waals surface area contributed by atoms with E-state index in [1.165, 1.54) is 6.33 Å². The first-order chi connectivity index (χ1) is 15.5. The van der Waals surface area contributed by atoms with Crippen molar-refractivity contribution in [1.82, 2.24) is 15.0 Å². The lowest BCUT2D eigenvalue weighted by Crippen LogP contribution is -2.21. The second kappa shape index (κ2) is 9.59. The molecular weight excluding hydrogens is 451 g/mol. The minimum atomic E-state index is -0.531. The summed E-state index contributed by atoms with van der Waals surface area (Å²) in [6, 6.07) is 19.8. The van der Waals surface area contributed by atoms with Crippen LogP contribution < -0.4 is 10.2 Å². The Morgan fingerprint density at radius 1 is 0.938 bits per heavy atom. The van der Waals surface area contributed by atoms with Crippen LogP contribution in [0.1, 0.15) is 5.56 Å². The molecule has 0 aliphatic heterocycles. The van der Waals surface area contributed by atoms with Gasteiger partial charge in [-0.3, -0.25) is 10.1 Å². The van der Waals surface area contributed by atoms with Crippen LogP contribution in [0.3, 0.4) is 0 Å². The van der Waals surface area contributed by atoms with E-state index in [0.29, 0.717) is 23.1 Å². The van der Waals surface area contributed by atoms with Crippen molar-refractivity contribution in [3.05, 3.63) is 105 Å². The summed E-state index contributed by atoms with van der Waals surface area (Å²) in [5, 5.41) is 15.6. The molecule has 0 radical (unpaired) electrons. The number of hydrogen-bond donors (Lipinski definition) is 1. The molecule has 2 heterocycles. The monoisotopic (exact) mass is 466 g/mol. The van der Waals surface area contributed by atoms with Gasteiger partial charge in [0.05, 0.1) is 27.2 Å². The minimum absolute atomic E-state index is 0.0156. The second-order valence-corrected chi connectivity index (χ2v) is 7.42. The average molecular weight is 467 g/mol. The number of nitrogens with one attached hydrogen (secondary N) is 1. The third-order valence-electron chi connectivity index (χ3n) is 4.56. The molecule has 0 aliphatic rings. The Balaban J connectivity index is 1.83. The van der Waals surface area contributed by atoms with Gasteiger partial charge in [0.25, 0.3) is 0 Å². The molecule has 0 saturated heterocycles. The molecule has 0 amide bonds. The van der Waals surface area contributed by atoms with Gasteiger partial charge in [0.15, 0.2) is 0 Å². The predicted molar refractivity (Wildman–Crippen MR) is 125 cm³/mol. The lowest BCUT2D eigenvalue weighted by atomic mass is 10.2. The quantitative estimate of drug-likeness (QED) is 0.257. The Morgan fingerprint density at radius 3 is 2.44 bits per heavy atom. The van der Waals surface area contributed by atoms with Crippen LogP contribution in [-0.2, 0) is 6.54 Å². The molecule has 0 bridgehead atoms. The van der Waals surface area contributed by atoms with Crippen LogP contribution in [0.15, 0.2) is 79.3 Å². The molecule has 0 aliphatic carbocycles. The van der Waals surface area contributed by atoms with Gasteiger partial charge in [-0.25, -0.2) is 15.0 Å². The van der Waals surface area contributed by atoms with Crippen molar-refractivity contribution >= 4 is 52.0 Å². The van der Waals surface area contributed by atoms with E-state index in [1.807, 2.05) is 30.3 Å². The number of anilines is 4. The lowest BCUT2D eigenvalue weighted by molar-refractivity contribution is -0.383. The van der Waals surface area contributed by atoms with E-state index in [9.17, 15) is 10.1 Å². The first kappa shape index (κ1) is 21.5. The number of nitrogens with zero attached hydrogens (tertiary/aromatic N) is 5. The first-order valence-electron chi connectivity index (χ1n) is 9.47.